The van der Waals surface area contributed by atoms with E-state index >= 15 is 0 Å². The summed E-state index contributed by atoms with van der Waals surface area (Å²) >= 11 is 0. The van der Waals surface area contributed by atoms with Crippen molar-refractivity contribution >= 4 is 19.3 Å². The Morgan fingerprint density at radius 1 is 1.33 bits per heavy atom. The van der Waals surface area contributed by atoms with E-state index in [4.69, 9.17) is 0 Å². The number of allylic oxidation sites excluding steroid dienone is 2. The van der Waals surface area contributed by atoms with Crippen molar-refractivity contribution in [2.75, 3.05) is 0 Å². The van der Waals surface area contributed by atoms with Crippen molar-refractivity contribution in [2.45, 2.75) is 19.6 Å². The zero-order valence-electron chi connectivity index (χ0n) is 10.9. The average Bonchev–Trinajstić information content (AvgIpc) is 2.27. The number of nitrogens with zero attached hydrogens (tertiary/aromatic N) is 1. The molecule has 0 spiro atoms. The first-order valence-electron chi connectivity index (χ1n) is 5.67. The fourth-order valence-electron chi connectivity index (χ4n) is 1.56. The first-order chi connectivity index (χ1) is 8.33. The minimum Gasteiger partial charge on any atom is -0.258 e. The van der Waals surface area contributed by atoms with Crippen molar-refractivity contribution in [3.05, 3.63) is 64.0 Å². The zero-order valence-corrected chi connectivity index (χ0v) is 11.9. The first-order valence-corrected chi connectivity index (χ1v) is 9.25. The molecule has 0 unspecified atom stereocenters. The van der Waals surface area contributed by atoms with E-state index in [1.165, 1.54) is 12.1 Å². The Labute approximate surface area is 108 Å². The van der Waals surface area contributed by atoms with E-state index in [0.29, 0.717) is 0 Å². The van der Waals surface area contributed by atoms with Gasteiger partial charge in [0.2, 0.25) is 0 Å². The number of rotatable bonds is 4. The summed E-state index contributed by atoms with van der Waals surface area (Å²) in [5.74, 6) is 0. The molecule has 0 bridgehead atoms. The highest BCUT2D eigenvalue weighted by atomic mass is 28.3. The van der Waals surface area contributed by atoms with Gasteiger partial charge in [0, 0.05) is 12.1 Å². The average molecular weight is 259 g/mol. The fourth-order valence-corrected chi connectivity index (χ4v) is 2.74. The molecule has 0 heterocycles. The van der Waals surface area contributed by atoms with Crippen LogP contribution in [0.3, 0.4) is 0 Å². The number of benzene rings is 1. The van der Waals surface area contributed by atoms with Gasteiger partial charge in [-0.3, -0.25) is 10.1 Å². The Hall–Kier alpha value is -1.90. The number of nitro groups is 1. The standard InChI is InChI=1S/C14H17NO2Si/c1-5-6-13(11-18(2,3)4)12-7-9-14(10-8-12)15(16)17/h6-11H,1H2,2-4H3/b13-11+. The highest BCUT2D eigenvalue weighted by Crippen LogP contribution is 2.22. The molecule has 1 rings (SSSR count). The summed E-state index contributed by atoms with van der Waals surface area (Å²) in [6.07, 6.45) is 1.82. The monoisotopic (exact) mass is 259 g/mol. The molecule has 18 heavy (non-hydrogen) atoms. The summed E-state index contributed by atoms with van der Waals surface area (Å²) in [4.78, 5) is 10.2. The Morgan fingerprint density at radius 2 is 1.89 bits per heavy atom. The molecule has 0 aliphatic rings. The van der Waals surface area contributed by atoms with Crippen molar-refractivity contribution in [3.63, 3.8) is 0 Å². The lowest BCUT2D eigenvalue weighted by Gasteiger charge is -2.12. The lowest BCUT2D eigenvalue weighted by atomic mass is 10.1. The molecular formula is C14H17NO2Si. The highest BCUT2D eigenvalue weighted by molar-refractivity contribution is 6.81. The van der Waals surface area contributed by atoms with Crippen LogP contribution >= 0.6 is 0 Å². The molecule has 94 valence electrons. The van der Waals surface area contributed by atoms with Gasteiger partial charge in [-0.25, -0.2) is 0 Å². The Bertz CT molecular complexity index is 518. The molecule has 0 saturated carbocycles. The third kappa shape index (κ3) is 4.16. The lowest BCUT2D eigenvalue weighted by Crippen LogP contribution is -2.16. The Kier molecular flexibility index (Phi) is 4.42. The maximum absolute atomic E-state index is 10.6. The van der Waals surface area contributed by atoms with Crippen molar-refractivity contribution < 1.29 is 4.92 Å². The predicted octanol–water partition coefficient (Wildman–Crippen LogP) is 4.20. The summed E-state index contributed by atoms with van der Waals surface area (Å²) in [7, 11) is -1.37. The molecule has 0 N–H and O–H groups in total. The minimum atomic E-state index is -1.37. The highest BCUT2D eigenvalue weighted by Gasteiger charge is 2.12. The third-order valence-electron chi connectivity index (χ3n) is 2.26. The molecule has 0 amide bonds. The van der Waals surface area contributed by atoms with Crippen LogP contribution in [0.2, 0.25) is 19.6 Å². The predicted molar refractivity (Wildman–Crippen MR) is 78.1 cm³/mol. The molecular weight excluding hydrogens is 242 g/mol. The topological polar surface area (TPSA) is 43.1 Å². The molecule has 4 heteroatoms. The van der Waals surface area contributed by atoms with Gasteiger partial charge in [-0.2, -0.15) is 0 Å². The largest absolute Gasteiger partial charge is 0.269 e. The van der Waals surface area contributed by atoms with Crippen LogP contribution in [0.5, 0.6) is 0 Å². The smallest absolute Gasteiger partial charge is 0.258 e. The number of nitro benzene ring substituents is 1. The summed E-state index contributed by atoms with van der Waals surface area (Å²) in [5, 5.41) is 10.6. The maximum Gasteiger partial charge on any atom is 0.269 e. The van der Waals surface area contributed by atoms with Gasteiger partial charge < -0.3 is 0 Å². The van der Waals surface area contributed by atoms with Gasteiger partial charge in [0.1, 0.15) is 0 Å². The molecule has 0 saturated heterocycles. The molecule has 3 nitrogen and oxygen atoms in total. The van der Waals surface area contributed by atoms with E-state index in [-0.39, 0.29) is 5.69 Å². The van der Waals surface area contributed by atoms with Gasteiger partial charge in [0.05, 0.1) is 13.0 Å². The van der Waals surface area contributed by atoms with Gasteiger partial charge in [0.15, 0.2) is 0 Å². The van der Waals surface area contributed by atoms with Crippen LogP contribution in [0.4, 0.5) is 5.69 Å². The normalized spacial score (nSPS) is 11.8. The SMILES string of the molecule is C=C=C/C(=C\[Si](C)(C)C)c1ccc([N+](=O)[O-])cc1. The fraction of sp³-hybridized carbons (Fsp3) is 0.214. The van der Waals surface area contributed by atoms with E-state index < -0.39 is 13.0 Å². The Morgan fingerprint density at radius 3 is 2.28 bits per heavy atom. The maximum atomic E-state index is 10.6. The third-order valence-corrected chi connectivity index (χ3v) is 3.43. The molecule has 1 aromatic carbocycles. The van der Waals surface area contributed by atoms with E-state index in [0.717, 1.165) is 11.1 Å². The second-order valence-electron chi connectivity index (χ2n) is 5.12. The van der Waals surface area contributed by atoms with E-state index in [1.807, 2.05) is 6.08 Å². The quantitative estimate of drug-likeness (QED) is 0.267. The van der Waals surface area contributed by atoms with E-state index in [1.54, 1.807) is 12.1 Å². The number of hydrogen-bond donors (Lipinski definition) is 0. The van der Waals surface area contributed by atoms with Crippen LogP contribution in [0.15, 0.2) is 48.4 Å². The van der Waals surface area contributed by atoms with Crippen molar-refractivity contribution in [3.8, 4) is 0 Å². The van der Waals surface area contributed by atoms with Crippen molar-refractivity contribution in [2.24, 2.45) is 0 Å². The molecule has 0 aromatic heterocycles. The summed E-state index contributed by atoms with van der Waals surface area (Å²) in [5.41, 5.74) is 7.09. The van der Waals surface area contributed by atoms with Crippen molar-refractivity contribution in [1.82, 2.24) is 0 Å². The zero-order chi connectivity index (χ0) is 13.8. The van der Waals surface area contributed by atoms with Crippen LogP contribution in [0.25, 0.3) is 5.57 Å². The van der Waals surface area contributed by atoms with E-state index in [9.17, 15) is 10.1 Å². The van der Waals surface area contributed by atoms with Crippen LogP contribution in [0.1, 0.15) is 5.56 Å². The summed E-state index contributed by atoms with van der Waals surface area (Å²) < 4.78 is 0. The number of hydrogen-bond acceptors (Lipinski definition) is 2. The minimum absolute atomic E-state index is 0.105. The second-order valence-corrected chi connectivity index (χ2v) is 10.1. The van der Waals surface area contributed by atoms with Crippen LogP contribution < -0.4 is 0 Å². The van der Waals surface area contributed by atoms with Gasteiger partial charge >= 0.3 is 0 Å². The van der Waals surface area contributed by atoms with Gasteiger partial charge in [0.25, 0.3) is 5.69 Å². The molecule has 0 fully saturated rings. The molecule has 0 aliphatic heterocycles. The lowest BCUT2D eigenvalue weighted by molar-refractivity contribution is -0.384. The Balaban J connectivity index is 3.19. The molecule has 0 atom stereocenters. The second kappa shape index (κ2) is 5.62. The van der Waals surface area contributed by atoms with Crippen molar-refractivity contribution in [1.29, 1.82) is 0 Å². The summed E-state index contributed by atoms with van der Waals surface area (Å²) in [6, 6.07) is 6.56. The van der Waals surface area contributed by atoms with Crippen LogP contribution in [0, 0.1) is 10.1 Å². The van der Waals surface area contributed by atoms with Gasteiger partial charge in [-0.15, -0.1) is 5.73 Å². The van der Waals surface area contributed by atoms with Crippen LogP contribution in [-0.4, -0.2) is 13.0 Å². The van der Waals surface area contributed by atoms with Gasteiger partial charge in [-0.05, 0) is 29.3 Å². The number of non-ortho nitro benzene ring substituents is 1. The van der Waals surface area contributed by atoms with Crippen LogP contribution in [-0.2, 0) is 0 Å². The van der Waals surface area contributed by atoms with Gasteiger partial charge in [-0.1, -0.05) is 31.9 Å². The molecule has 0 radical (unpaired) electrons. The van der Waals surface area contributed by atoms with E-state index in [2.05, 4.69) is 37.7 Å². The molecule has 1 aromatic rings. The summed E-state index contributed by atoms with van der Waals surface area (Å²) in [6.45, 7) is 10.3. The molecule has 0 aliphatic carbocycles. The first kappa shape index (κ1) is 14.2.